The van der Waals surface area contributed by atoms with E-state index in [1.165, 1.54) is 0 Å². The van der Waals surface area contributed by atoms with Crippen molar-refractivity contribution in [1.82, 2.24) is 10.6 Å². The summed E-state index contributed by atoms with van der Waals surface area (Å²) < 4.78 is 10.9. The Bertz CT molecular complexity index is 538. The minimum absolute atomic E-state index is 0.681. The molecule has 1 heterocycles. The average Bonchev–Trinajstić information content (AvgIpc) is 3.07. The van der Waals surface area contributed by atoms with E-state index in [1.807, 2.05) is 42.5 Å². The zero-order valence-corrected chi connectivity index (χ0v) is 12.9. The molecular formula is C17H23N3O2. The predicted octanol–water partition coefficient (Wildman–Crippen LogP) is 2.46. The minimum Gasteiger partial charge on any atom is -0.494 e. The summed E-state index contributed by atoms with van der Waals surface area (Å²) >= 11 is 0. The number of nitrogens with zero attached hydrogens (tertiary/aromatic N) is 1. The molecule has 118 valence electrons. The first kappa shape index (κ1) is 15.9. The van der Waals surface area contributed by atoms with Gasteiger partial charge in [0.15, 0.2) is 5.96 Å². The Morgan fingerprint density at radius 1 is 1.09 bits per heavy atom. The third kappa shape index (κ3) is 5.91. The molecule has 0 radical (unpaired) electrons. The monoisotopic (exact) mass is 301 g/mol. The summed E-state index contributed by atoms with van der Waals surface area (Å²) in [6.07, 6.45) is 3.44. The van der Waals surface area contributed by atoms with Gasteiger partial charge in [-0.2, -0.15) is 0 Å². The van der Waals surface area contributed by atoms with Crippen LogP contribution in [-0.4, -0.2) is 32.7 Å². The van der Waals surface area contributed by atoms with E-state index in [1.54, 1.807) is 13.3 Å². The maximum Gasteiger partial charge on any atom is 0.190 e. The molecule has 0 aliphatic heterocycles. The Kier molecular flexibility index (Phi) is 6.88. The molecule has 5 heteroatoms. The quantitative estimate of drug-likeness (QED) is 0.447. The third-order valence-corrected chi connectivity index (χ3v) is 3.09. The second-order valence-corrected chi connectivity index (χ2v) is 4.77. The van der Waals surface area contributed by atoms with E-state index < -0.39 is 0 Å². The van der Waals surface area contributed by atoms with E-state index >= 15 is 0 Å². The van der Waals surface area contributed by atoms with Gasteiger partial charge in [-0.1, -0.05) is 18.2 Å². The molecule has 5 nitrogen and oxygen atoms in total. The fourth-order valence-electron chi connectivity index (χ4n) is 1.97. The molecule has 1 aromatic heterocycles. The van der Waals surface area contributed by atoms with Gasteiger partial charge in [0.1, 0.15) is 11.5 Å². The van der Waals surface area contributed by atoms with Gasteiger partial charge in [0.25, 0.3) is 0 Å². The fraction of sp³-hybridized carbons (Fsp3) is 0.353. The van der Waals surface area contributed by atoms with Crippen LogP contribution in [-0.2, 0) is 6.42 Å². The second-order valence-electron chi connectivity index (χ2n) is 4.77. The van der Waals surface area contributed by atoms with E-state index in [0.29, 0.717) is 6.61 Å². The van der Waals surface area contributed by atoms with Crippen molar-refractivity contribution in [2.45, 2.75) is 12.8 Å². The summed E-state index contributed by atoms with van der Waals surface area (Å²) in [4.78, 5) is 4.19. The normalized spacial score (nSPS) is 11.2. The van der Waals surface area contributed by atoms with Crippen LogP contribution in [0.5, 0.6) is 5.75 Å². The number of rotatable bonds is 8. The lowest BCUT2D eigenvalue weighted by Gasteiger charge is -2.11. The number of furan rings is 1. The lowest BCUT2D eigenvalue weighted by molar-refractivity contribution is 0.311. The summed E-state index contributed by atoms with van der Waals surface area (Å²) in [6, 6.07) is 13.7. The van der Waals surface area contributed by atoms with E-state index in [9.17, 15) is 0 Å². The van der Waals surface area contributed by atoms with Gasteiger partial charge in [0, 0.05) is 26.6 Å². The van der Waals surface area contributed by atoms with E-state index in [-0.39, 0.29) is 0 Å². The molecule has 2 rings (SSSR count). The van der Waals surface area contributed by atoms with E-state index in [4.69, 9.17) is 9.15 Å². The number of para-hydroxylation sites is 1. The van der Waals surface area contributed by atoms with Crippen LogP contribution in [0.2, 0.25) is 0 Å². The first-order valence-electron chi connectivity index (χ1n) is 7.53. The molecule has 0 unspecified atom stereocenters. The number of nitrogens with one attached hydrogen (secondary N) is 2. The molecular weight excluding hydrogens is 278 g/mol. The maximum atomic E-state index is 5.64. The SMILES string of the molecule is CN=C(NCCCOc1ccccc1)NCCc1ccco1. The number of guanidine groups is 1. The van der Waals surface area contributed by atoms with Gasteiger partial charge < -0.3 is 19.8 Å². The number of hydrogen-bond donors (Lipinski definition) is 2. The van der Waals surface area contributed by atoms with Gasteiger partial charge in [-0.3, -0.25) is 4.99 Å². The van der Waals surface area contributed by atoms with Crippen LogP contribution >= 0.6 is 0 Å². The van der Waals surface area contributed by atoms with Crippen LogP contribution < -0.4 is 15.4 Å². The van der Waals surface area contributed by atoms with Crippen LogP contribution in [0.4, 0.5) is 0 Å². The number of ether oxygens (including phenoxy) is 1. The Hall–Kier alpha value is -2.43. The van der Waals surface area contributed by atoms with Crippen molar-refractivity contribution in [2.24, 2.45) is 4.99 Å². The predicted molar refractivity (Wildman–Crippen MR) is 88.3 cm³/mol. The summed E-state index contributed by atoms with van der Waals surface area (Å²) in [5.74, 6) is 2.67. The van der Waals surface area contributed by atoms with Gasteiger partial charge >= 0.3 is 0 Å². The van der Waals surface area contributed by atoms with Crippen LogP contribution in [0.15, 0.2) is 58.1 Å². The maximum absolute atomic E-state index is 5.64. The molecule has 0 atom stereocenters. The van der Waals surface area contributed by atoms with Crippen molar-refractivity contribution < 1.29 is 9.15 Å². The highest BCUT2D eigenvalue weighted by Crippen LogP contribution is 2.07. The Balaban J connectivity index is 1.54. The van der Waals surface area contributed by atoms with Crippen LogP contribution in [0.25, 0.3) is 0 Å². The van der Waals surface area contributed by atoms with Gasteiger partial charge in [0.05, 0.1) is 12.9 Å². The summed E-state index contributed by atoms with van der Waals surface area (Å²) in [7, 11) is 1.77. The van der Waals surface area contributed by atoms with Crippen LogP contribution in [0.3, 0.4) is 0 Å². The first-order valence-corrected chi connectivity index (χ1v) is 7.53. The zero-order valence-electron chi connectivity index (χ0n) is 12.9. The molecule has 0 saturated heterocycles. The zero-order chi connectivity index (χ0) is 15.5. The summed E-state index contributed by atoms with van der Waals surface area (Å²) in [6.45, 7) is 2.28. The standard InChI is InChI=1S/C17H23N3O2/c1-18-17(20-12-10-16-9-5-13-21-16)19-11-6-14-22-15-7-3-2-4-8-15/h2-5,7-9,13H,6,10-12,14H2,1H3,(H2,18,19,20). The highest BCUT2D eigenvalue weighted by molar-refractivity contribution is 5.79. The van der Waals surface area contributed by atoms with Crippen LogP contribution in [0, 0.1) is 0 Å². The van der Waals surface area contributed by atoms with Gasteiger partial charge in [-0.05, 0) is 30.7 Å². The highest BCUT2D eigenvalue weighted by Gasteiger charge is 1.99. The third-order valence-electron chi connectivity index (χ3n) is 3.09. The molecule has 0 amide bonds. The smallest absolute Gasteiger partial charge is 0.190 e. The van der Waals surface area contributed by atoms with E-state index in [2.05, 4.69) is 15.6 Å². The minimum atomic E-state index is 0.681. The number of aliphatic imine (C=N–C) groups is 1. The average molecular weight is 301 g/mol. The fourth-order valence-corrected chi connectivity index (χ4v) is 1.97. The largest absolute Gasteiger partial charge is 0.494 e. The van der Waals surface area contributed by atoms with Crippen LogP contribution in [0.1, 0.15) is 12.2 Å². The highest BCUT2D eigenvalue weighted by atomic mass is 16.5. The number of benzene rings is 1. The van der Waals surface area contributed by atoms with Crippen molar-refractivity contribution in [3.8, 4) is 5.75 Å². The summed E-state index contributed by atoms with van der Waals surface area (Å²) in [5, 5.41) is 6.52. The molecule has 2 N–H and O–H groups in total. The molecule has 0 fully saturated rings. The van der Waals surface area contributed by atoms with Gasteiger partial charge in [-0.25, -0.2) is 0 Å². The Labute approximate surface area is 131 Å². The summed E-state index contributed by atoms with van der Waals surface area (Å²) in [5.41, 5.74) is 0. The first-order chi connectivity index (χ1) is 10.9. The van der Waals surface area contributed by atoms with Crippen molar-refractivity contribution >= 4 is 5.96 Å². The molecule has 2 aromatic rings. The van der Waals surface area contributed by atoms with Crippen molar-refractivity contribution in [3.05, 3.63) is 54.5 Å². The lowest BCUT2D eigenvalue weighted by Crippen LogP contribution is -2.39. The molecule has 0 bridgehead atoms. The van der Waals surface area contributed by atoms with Crippen molar-refractivity contribution in [2.75, 3.05) is 26.7 Å². The Morgan fingerprint density at radius 2 is 1.91 bits per heavy atom. The second kappa shape index (κ2) is 9.50. The molecule has 0 saturated carbocycles. The molecule has 0 spiro atoms. The lowest BCUT2D eigenvalue weighted by atomic mass is 10.3. The molecule has 22 heavy (non-hydrogen) atoms. The molecule has 1 aromatic carbocycles. The topological polar surface area (TPSA) is 58.8 Å². The molecule has 0 aliphatic carbocycles. The van der Waals surface area contributed by atoms with E-state index in [0.717, 1.165) is 43.4 Å². The van der Waals surface area contributed by atoms with Gasteiger partial charge in [0.2, 0.25) is 0 Å². The number of hydrogen-bond acceptors (Lipinski definition) is 3. The van der Waals surface area contributed by atoms with Gasteiger partial charge in [-0.15, -0.1) is 0 Å². The Morgan fingerprint density at radius 3 is 2.64 bits per heavy atom. The van der Waals surface area contributed by atoms with Crippen molar-refractivity contribution in [3.63, 3.8) is 0 Å². The van der Waals surface area contributed by atoms with Crippen molar-refractivity contribution in [1.29, 1.82) is 0 Å². The molecule has 0 aliphatic rings.